The van der Waals surface area contributed by atoms with Gasteiger partial charge in [0.2, 0.25) is 0 Å². The van der Waals surface area contributed by atoms with E-state index in [0.29, 0.717) is 10.0 Å². The highest BCUT2D eigenvalue weighted by molar-refractivity contribution is 7.18. The highest BCUT2D eigenvalue weighted by Crippen LogP contribution is 2.21. The van der Waals surface area contributed by atoms with E-state index in [2.05, 4.69) is 10.5 Å². The van der Waals surface area contributed by atoms with Crippen molar-refractivity contribution in [3.63, 3.8) is 0 Å². The van der Waals surface area contributed by atoms with Crippen LogP contribution in [0.4, 0.5) is 4.39 Å². The SMILES string of the molecule is C/C(=N/NC(=O)COc1ccccc1F)c1ccc(Cl)s1. The van der Waals surface area contributed by atoms with E-state index in [0.717, 1.165) is 4.88 Å². The monoisotopic (exact) mass is 326 g/mol. The molecular formula is C14H12ClFN2O2S. The fourth-order valence-corrected chi connectivity index (χ4v) is 2.44. The number of para-hydroxylation sites is 1. The molecule has 0 bridgehead atoms. The summed E-state index contributed by atoms with van der Waals surface area (Å²) >= 11 is 7.18. The quantitative estimate of drug-likeness (QED) is 0.675. The van der Waals surface area contributed by atoms with Crippen molar-refractivity contribution in [3.05, 3.63) is 51.4 Å². The maximum atomic E-state index is 13.3. The van der Waals surface area contributed by atoms with Gasteiger partial charge >= 0.3 is 0 Å². The number of benzene rings is 1. The van der Waals surface area contributed by atoms with Crippen LogP contribution in [0, 0.1) is 5.82 Å². The van der Waals surface area contributed by atoms with Gasteiger partial charge in [0.25, 0.3) is 5.91 Å². The topological polar surface area (TPSA) is 50.7 Å². The molecule has 1 heterocycles. The number of ether oxygens (including phenoxy) is 1. The third-order valence-electron chi connectivity index (χ3n) is 2.47. The van der Waals surface area contributed by atoms with Gasteiger partial charge in [-0.15, -0.1) is 11.3 Å². The van der Waals surface area contributed by atoms with Crippen LogP contribution in [-0.4, -0.2) is 18.2 Å². The third kappa shape index (κ3) is 4.54. The van der Waals surface area contributed by atoms with Crippen LogP contribution < -0.4 is 10.2 Å². The molecule has 0 radical (unpaired) electrons. The summed E-state index contributed by atoms with van der Waals surface area (Å²) in [6.45, 7) is 1.43. The highest BCUT2D eigenvalue weighted by Gasteiger charge is 2.06. The lowest BCUT2D eigenvalue weighted by Gasteiger charge is -2.06. The minimum atomic E-state index is -0.516. The van der Waals surface area contributed by atoms with Crippen molar-refractivity contribution in [2.75, 3.05) is 6.61 Å². The normalized spacial score (nSPS) is 11.3. The molecule has 0 spiro atoms. The molecule has 21 heavy (non-hydrogen) atoms. The lowest BCUT2D eigenvalue weighted by atomic mass is 10.3. The van der Waals surface area contributed by atoms with Gasteiger partial charge in [-0.2, -0.15) is 5.10 Å². The van der Waals surface area contributed by atoms with Gasteiger partial charge in [-0.25, -0.2) is 9.82 Å². The van der Waals surface area contributed by atoms with Gasteiger partial charge in [0.1, 0.15) is 0 Å². The zero-order valence-electron chi connectivity index (χ0n) is 11.1. The number of rotatable bonds is 5. The molecule has 0 saturated heterocycles. The van der Waals surface area contributed by atoms with E-state index < -0.39 is 11.7 Å². The zero-order valence-corrected chi connectivity index (χ0v) is 12.7. The van der Waals surface area contributed by atoms with E-state index in [1.807, 2.05) is 6.07 Å². The molecule has 0 fully saturated rings. The van der Waals surface area contributed by atoms with Crippen LogP contribution in [0.1, 0.15) is 11.8 Å². The minimum absolute atomic E-state index is 0.0263. The number of halogens is 2. The van der Waals surface area contributed by atoms with E-state index in [1.165, 1.54) is 23.5 Å². The number of hydrazone groups is 1. The van der Waals surface area contributed by atoms with Crippen molar-refractivity contribution in [3.8, 4) is 5.75 Å². The Bertz CT molecular complexity index is 672. The molecule has 1 amide bonds. The molecule has 0 atom stereocenters. The second-order valence-electron chi connectivity index (χ2n) is 4.06. The number of thiophene rings is 1. The van der Waals surface area contributed by atoms with E-state index in [9.17, 15) is 9.18 Å². The first kappa shape index (κ1) is 15.5. The van der Waals surface area contributed by atoms with E-state index in [4.69, 9.17) is 16.3 Å². The Hall–Kier alpha value is -1.92. The molecule has 110 valence electrons. The Kier molecular flexibility index (Phi) is 5.30. The Morgan fingerprint density at radius 1 is 1.38 bits per heavy atom. The van der Waals surface area contributed by atoms with Crippen molar-refractivity contribution in [2.45, 2.75) is 6.92 Å². The molecule has 2 aromatic rings. The summed E-state index contributed by atoms with van der Waals surface area (Å²) in [5.74, 6) is -0.961. The standard InChI is InChI=1S/C14H12ClFN2O2S/c1-9(12-6-7-13(15)21-12)17-18-14(19)8-20-11-5-3-2-4-10(11)16/h2-7H,8H2,1H3,(H,18,19)/b17-9-. The Morgan fingerprint density at radius 2 is 2.14 bits per heavy atom. The summed E-state index contributed by atoms with van der Waals surface area (Å²) in [5, 5.41) is 3.94. The van der Waals surface area contributed by atoms with Gasteiger partial charge in [0, 0.05) is 0 Å². The van der Waals surface area contributed by atoms with Crippen LogP contribution in [0.2, 0.25) is 4.34 Å². The molecule has 1 aromatic carbocycles. The van der Waals surface area contributed by atoms with Gasteiger partial charge < -0.3 is 4.74 Å². The molecule has 0 aliphatic heterocycles. The average Bonchev–Trinajstić information content (AvgIpc) is 2.90. The van der Waals surface area contributed by atoms with Crippen molar-refractivity contribution < 1.29 is 13.9 Å². The summed E-state index contributed by atoms with van der Waals surface area (Å²) < 4.78 is 19.0. The molecule has 0 saturated carbocycles. The Balaban J connectivity index is 1.86. The number of carbonyl (C=O) groups is 1. The first-order chi connectivity index (χ1) is 10.1. The van der Waals surface area contributed by atoms with E-state index in [-0.39, 0.29) is 12.4 Å². The molecule has 1 N–H and O–H groups in total. The van der Waals surface area contributed by atoms with Crippen LogP contribution in [-0.2, 0) is 4.79 Å². The zero-order chi connectivity index (χ0) is 15.2. The summed E-state index contributed by atoms with van der Waals surface area (Å²) in [6, 6.07) is 9.44. The highest BCUT2D eigenvalue weighted by atomic mass is 35.5. The first-order valence-electron chi connectivity index (χ1n) is 6.02. The van der Waals surface area contributed by atoms with Crippen molar-refractivity contribution in [1.29, 1.82) is 0 Å². The molecule has 4 nitrogen and oxygen atoms in total. The van der Waals surface area contributed by atoms with Gasteiger partial charge in [0.15, 0.2) is 18.2 Å². The molecule has 0 aliphatic carbocycles. The predicted octanol–water partition coefficient (Wildman–Crippen LogP) is 3.46. The maximum Gasteiger partial charge on any atom is 0.277 e. The number of hydrogen-bond acceptors (Lipinski definition) is 4. The minimum Gasteiger partial charge on any atom is -0.481 e. The molecule has 7 heteroatoms. The van der Waals surface area contributed by atoms with Crippen LogP contribution in [0.3, 0.4) is 0 Å². The van der Waals surface area contributed by atoms with Crippen molar-refractivity contribution in [2.24, 2.45) is 5.10 Å². The third-order valence-corrected chi connectivity index (χ3v) is 3.81. The molecule has 2 rings (SSSR count). The summed E-state index contributed by atoms with van der Waals surface area (Å²) in [5.41, 5.74) is 2.98. The molecule has 0 unspecified atom stereocenters. The lowest BCUT2D eigenvalue weighted by molar-refractivity contribution is -0.123. The number of carbonyl (C=O) groups excluding carboxylic acids is 1. The summed E-state index contributed by atoms with van der Waals surface area (Å²) in [6.07, 6.45) is 0. The van der Waals surface area contributed by atoms with Crippen LogP contribution in [0.15, 0.2) is 41.5 Å². The largest absolute Gasteiger partial charge is 0.481 e. The number of nitrogens with zero attached hydrogens (tertiary/aromatic N) is 1. The van der Waals surface area contributed by atoms with Crippen molar-refractivity contribution >= 4 is 34.6 Å². The van der Waals surface area contributed by atoms with Gasteiger partial charge in [0.05, 0.1) is 14.9 Å². The fraction of sp³-hybridized carbons (Fsp3) is 0.143. The number of amides is 1. The van der Waals surface area contributed by atoms with Gasteiger partial charge in [-0.3, -0.25) is 4.79 Å². The lowest BCUT2D eigenvalue weighted by Crippen LogP contribution is -2.25. The molecular weight excluding hydrogens is 315 g/mol. The molecule has 1 aromatic heterocycles. The van der Waals surface area contributed by atoms with Gasteiger partial charge in [-0.05, 0) is 31.2 Å². The van der Waals surface area contributed by atoms with E-state index >= 15 is 0 Å². The second kappa shape index (κ2) is 7.19. The predicted molar refractivity (Wildman–Crippen MR) is 81.6 cm³/mol. The fourth-order valence-electron chi connectivity index (χ4n) is 1.45. The average molecular weight is 327 g/mol. The van der Waals surface area contributed by atoms with Crippen molar-refractivity contribution in [1.82, 2.24) is 5.43 Å². The Morgan fingerprint density at radius 3 is 2.81 bits per heavy atom. The van der Waals surface area contributed by atoms with Crippen LogP contribution >= 0.6 is 22.9 Å². The van der Waals surface area contributed by atoms with Gasteiger partial charge in [-0.1, -0.05) is 23.7 Å². The summed E-state index contributed by atoms with van der Waals surface area (Å²) in [7, 11) is 0. The number of hydrogen-bond donors (Lipinski definition) is 1. The maximum absolute atomic E-state index is 13.3. The van der Waals surface area contributed by atoms with Crippen LogP contribution in [0.25, 0.3) is 0 Å². The first-order valence-corrected chi connectivity index (χ1v) is 7.22. The smallest absolute Gasteiger partial charge is 0.277 e. The van der Waals surface area contributed by atoms with E-state index in [1.54, 1.807) is 25.1 Å². The number of nitrogens with one attached hydrogen (secondary N) is 1. The Labute approximate surface area is 130 Å². The summed E-state index contributed by atoms with van der Waals surface area (Å²) in [4.78, 5) is 12.4. The molecule has 0 aliphatic rings. The van der Waals surface area contributed by atoms with Crippen LogP contribution in [0.5, 0.6) is 5.75 Å². The second-order valence-corrected chi connectivity index (χ2v) is 5.77.